The minimum absolute atomic E-state index is 0.164. The van der Waals surface area contributed by atoms with Crippen molar-refractivity contribution >= 4 is 46.9 Å². The van der Waals surface area contributed by atoms with Gasteiger partial charge < -0.3 is 4.74 Å². The maximum Gasteiger partial charge on any atom is 0.277 e. The first-order chi connectivity index (χ1) is 11.0. The fourth-order valence-electron chi connectivity index (χ4n) is 1.74. The first kappa shape index (κ1) is 17.6. The molecule has 0 heterocycles. The Morgan fingerprint density at radius 1 is 1.26 bits per heavy atom. The molecule has 0 aliphatic heterocycles. The largest absolute Gasteiger partial charge is 0.483 e. The predicted octanol–water partition coefficient (Wildman–Crippen LogP) is 4.48. The number of benzene rings is 2. The lowest BCUT2D eigenvalue weighted by molar-refractivity contribution is -0.123. The lowest BCUT2D eigenvalue weighted by atomic mass is 10.2. The van der Waals surface area contributed by atoms with E-state index in [4.69, 9.17) is 39.5 Å². The number of nitrogens with zero attached hydrogens (tertiary/aromatic N) is 1. The van der Waals surface area contributed by atoms with E-state index in [1.807, 2.05) is 6.92 Å². The number of ether oxygens (including phenoxy) is 1. The van der Waals surface area contributed by atoms with E-state index >= 15 is 0 Å². The number of rotatable bonds is 5. The van der Waals surface area contributed by atoms with Gasteiger partial charge in [-0.3, -0.25) is 4.79 Å². The molecule has 120 valence electrons. The Kier molecular flexibility index (Phi) is 6.28. The Bertz CT molecular complexity index is 748. The van der Waals surface area contributed by atoms with Crippen LogP contribution in [0.1, 0.15) is 11.1 Å². The second-order valence-electron chi connectivity index (χ2n) is 4.63. The number of hydrogen-bond acceptors (Lipinski definition) is 3. The zero-order chi connectivity index (χ0) is 16.8. The second-order valence-corrected chi connectivity index (χ2v) is 5.86. The topological polar surface area (TPSA) is 50.7 Å². The Labute approximate surface area is 149 Å². The van der Waals surface area contributed by atoms with E-state index in [0.717, 1.165) is 5.56 Å². The lowest BCUT2D eigenvalue weighted by Crippen LogP contribution is -2.24. The zero-order valence-electron chi connectivity index (χ0n) is 12.1. The maximum absolute atomic E-state index is 11.7. The normalized spacial score (nSPS) is 10.8. The van der Waals surface area contributed by atoms with E-state index < -0.39 is 5.91 Å². The maximum atomic E-state index is 11.7. The van der Waals surface area contributed by atoms with Crippen LogP contribution in [0.2, 0.25) is 15.1 Å². The van der Waals surface area contributed by atoms with Gasteiger partial charge in [0.25, 0.3) is 5.91 Å². The number of aryl methyl sites for hydroxylation is 1. The predicted molar refractivity (Wildman–Crippen MR) is 93.9 cm³/mol. The van der Waals surface area contributed by atoms with Crippen LogP contribution in [-0.2, 0) is 4.79 Å². The molecule has 0 aliphatic rings. The molecule has 0 bridgehead atoms. The number of hydrazone groups is 1. The van der Waals surface area contributed by atoms with Crippen molar-refractivity contribution in [2.24, 2.45) is 5.10 Å². The molecule has 2 aromatic carbocycles. The minimum atomic E-state index is -0.395. The molecule has 0 atom stereocenters. The molecule has 2 aromatic rings. The van der Waals surface area contributed by atoms with E-state index in [-0.39, 0.29) is 6.61 Å². The fourth-order valence-corrected chi connectivity index (χ4v) is 2.33. The van der Waals surface area contributed by atoms with Gasteiger partial charge in [-0.2, -0.15) is 5.10 Å². The number of hydrogen-bond donors (Lipinski definition) is 1. The molecule has 1 amide bonds. The van der Waals surface area contributed by atoms with Gasteiger partial charge in [-0.15, -0.1) is 0 Å². The standard InChI is InChI=1S/C16H13Cl3N2O2/c1-10-7-12(17)5-6-14(10)23-9-15(22)21-20-8-11-3-2-4-13(18)16(11)19/h2-8H,9H2,1H3,(H,21,22)/b20-8-. The number of amides is 1. The van der Waals surface area contributed by atoms with Gasteiger partial charge in [-0.1, -0.05) is 46.9 Å². The molecule has 0 saturated carbocycles. The number of halogens is 3. The summed E-state index contributed by atoms with van der Waals surface area (Å²) in [5.41, 5.74) is 3.81. The van der Waals surface area contributed by atoms with Crippen LogP contribution >= 0.6 is 34.8 Å². The van der Waals surface area contributed by atoms with Gasteiger partial charge in [-0.25, -0.2) is 5.43 Å². The van der Waals surface area contributed by atoms with E-state index in [1.54, 1.807) is 36.4 Å². The van der Waals surface area contributed by atoms with E-state index in [0.29, 0.717) is 26.4 Å². The van der Waals surface area contributed by atoms with Crippen molar-refractivity contribution in [2.45, 2.75) is 6.92 Å². The lowest BCUT2D eigenvalue weighted by Gasteiger charge is -2.08. The van der Waals surface area contributed by atoms with Gasteiger partial charge in [-0.05, 0) is 36.8 Å². The molecule has 2 rings (SSSR count). The third kappa shape index (κ3) is 5.13. The molecule has 1 N–H and O–H groups in total. The van der Waals surface area contributed by atoms with Gasteiger partial charge in [0.15, 0.2) is 6.61 Å². The van der Waals surface area contributed by atoms with Crippen molar-refractivity contribution in [3.05, 3.63) is 62.6 Å². The van der Waals surface area contributed by atoms with Crippen LogP contribution < -0.4 is 10.2 Å². The monoisotopic (exact) mass is 370 g/mol. The average Bonchev–Trinajstić information content (AvgIpc) is 2.50. The van der Waals surface area contributed by atoms with Crippen LogP contribution in [0.4, 0.5) is 0 Å². The molecule has 0 radical (unpaired) electrons. The highest BCUT2D eigenvalue weighted by molar-refractivity contribution is 6.43. The average molecular weight is 372 g/mol. The van der Waals surface area contributed by atoms with Gasteiger partial charge in [0, 0.05) is 10.6 Å². The van der Waals surface area contributed by atoms with Crippen molar-refractivity contribution in [1.82, 2.24) is 5.43 Å². The van der Waals surface area contributed by atoms with Gasteiger partial charge in [0.1, 0.15) is 5.75 Å². The zero-order valence-corrected chi connectivity index (χ0v) is 14.4. The fraction of sp³-hybridized carbons (Fsp3) is 0.125. The van der Waals surface area contributed by atoms with Crippen LogP contribution in [-0.4, -0.2) is 18.7 Å². The first-order valence-corrected chi connectivity index (χ1v) is 7.75. The highest BCUT2D eigenvalue weighted by atomic mass is 35.5. The molecule has 0 fully saturated rings. The number of carbonyl (C=O) groups is 1. The Hall–Kier alpha value is -1.75. The van der Waals surface area contributed by atoms with Crippen molar-refractivity contribution in [2.75, 3.05) is 6.61 Å². The SMILES string of the molecule is Cc1cc(Cl)ccc1OCC(=O)N/N=C\c1cccc(Cl)c1Cl. The second kappa shape index (κ2) is 8.20. The third-order valence-electron chi connectivity index (χ3n) is 2.87. The van der Waals surface area contributed by atoms with Crippen LogP contribution in [0.25, 0.3) is 0 Å². The minimum Gasteiger partial charge on any atom is -0.483 e. The summed E-state index contributed by atoms with van der Waals surface area (Å²) < 4.78 is 5.41. The molecule has 0 spiro atoms. The van der Waals surface area contributed by atoms with Crippen molar-refractivity contribution in [3.8, 4) is 5.75 Å². The molecule has 0 unspecified atom stereocenters. The smallest absolute Gasteiger partial charge is 0.277 e. The van der Waals surface area contributed by atoms with E-state index in [9.17, 15) is 4.79 Å². The molecule has 0 aromatic heterocycles. The highest BCUT2D eigenvalue weighted by Crippen LogP contribution is 2.24. The molecule has 4 nitrogen and oxygen atoms in total. The summed E-state index contributed by atoms with van der Waals surface area (Å²) in [6.07, 6.45) is 1.42. The van der Waals surface area contributed by atoms with Gasteiger partial charge in [0.2, 0.25) is 0 Å². The van der Waals surface area contributed by atoms with Crippen LogP contribution in [0.5, 0.6) is 5.75 Å². The molecular formula is C16H13Cl3N2O2. The Morgan fingerprint density at radius 3 is 2.78 bits per heavy atom. The Balaban J connectivity index is 1.87. The summed E-state index contributed by atoms with van der Waals surface area (Å²) >= 11 is 17.8. The number of nitrogens with one attached hydrogen (secondary N) is 1. The highest BCUT2D eigenvalue weighted by Gasteiger charge is 2.05. The molecule has 23 heavy (non-hydrogen) atoms. The molecular weight excluding hydrogens is 359 g/mol. The van der Waals surface area contributed by atoms with Crippen molar-refractivity contribution in [1.29, 1.82) is 0 Å². The van der Waals surface area contributed by atoms with Crippen LogP contribution in [0.3, 0.4) is 0 Å². The summed E-state index contributed by atoms with van der Waals surface area (Å²) in [7, 11) is 0. The summed E-state index contributed by atoms with van der Waals surface area (Å²) in [6, 6.07) is 10.3. The number of carbonyl (C=O) groups excluding carboxylic acids is 1. The summed E-state index contributed by atoms with van der Waals surface area (Å²) in [5.74, 6) is 0.195. The van der Waals surface area contributed by atoms with Crippen molar-refractivity contribution < 1.29 is 9.53 Å². The van der Waals surface area contributed by atoms with E-state index in [1.165, 1.54) is 6.21 Å². The van der Waals surface area contributed by atoms with Crippen LogP contribution in [0, 0.1) is 6.92 Å². The quantitative estimate of drug-likeness (QED) is 0.622. The molecule has 0 aliphatic carbocycles. The summed E-state index contributed by atoms with van der Waals surface area (Å²) in [6.45, 7) is 1.68. The summed E-state index contributed by atoms with van der Waals surface area (Å²) in [5, 5.41) is 5.23. The first-order valence-electron chi connectivity index (χ1n) is 6.62. The van der Waals surface area contributed by atoms with Gasteiger partial charge in [0.05, 0.1) is 16.3 Å². The van der Waals surface area contributed by atoms with Crippen LogP contribution in [0.15, 0.2) is 41.5 Å². The summed E-state index contributed by atoms with van der Waals surface area (Å²) in [4.78, 5) is 11.7. The third-order valence-corrected chi connectivity index (χ3v) is 3.94. The van der Waals surface area contributed by atoms with E-state index in [2.05, 4.69) is 10.5 Å². The molecule has 0 saturated heterocycles. The van der Waals surface area contributed by atoms with Crippen molar-refractivity contribution in [3.63, 3.8) is 0 Å². The Morgan fingerprint density at radius 2 is 2.04 bits per heavy atom. The van der Waals surface area contributed by atoms with Gasteiger partial charge >= 0.3 is 0 Å². The molecule has 7 heteroatoms.